The minimum Gasteiger partial charge on any atom is -0.398 e. The van der Waals surface area contributed by atoms with Gasteiger partial charge < -0.3 is 10.8 Å². The van der Waals surface area contributed by atoms with Gasteiger partial charge in [-0.1, -0.05) is 24.4 Å². The molecule has 0 spiro atoms. The maximum atomic E-state index is 12.9. The Labute approximate surface area is 130 Å². The molecule has 0 aliphatic carbocycles. The summed E-state index contributed by atoms with van der Waals surface area (Å²) in [4.78, 5) is 0.132. The van der Waals surface area contributed by atoms with Gasteiger partial charge in [-0.05, 0) is 37.5 Å². The summed E-state index contributed by atoms with van der Waals surface area (Å²) in [6, 6.07) is 2.60. The second kappa shape index (κ2) is 6.52. The molecule has 1 atom stereocenters. The van der Waals surface area contributed by atoms with Crippen molar-refractivity contribution in [3.63, 3.8) is 0 Å². The van der Waals surface area contributed by atoms with Crippen LogP contribution in [0.5, 0.6) is 0 Å². The molecule has 1 aromatic carbocycles. The molecule has 0 amide bonds. The van der Waals surface area contributed by atoms with E-state index in [4.69, 9.17) is 17.3 Å². The Hall–Kier alpha value is -0.820. The van der Waals surface area contributed by atoms with E-state index in [-0.39, 0.29) is 17.5 Å². The summed E-state index contributed by atoms with van der Waals surface area (Å²) in [7, 11) is -3.71. The Bertz CT molecular complexity index is 619. The Kier molecular flexibility index (Phi) is 5.14. The van der Waals surface area contributed by atoms with Gasteiger partial charge in [0.1, 0.15) is 0 Å². The van der Waals surface area contributed by atoms with Gasteiger partial charge in [-0.2, -0.15) is 4.31 Å². The first-order valence-corrected chi connectivity index (χ1v) is 8.88. The van der Waals surface area contributed by atoms with E-state index in [0.717, 1.165) is 19.3 Å². The van der Waals surface area contributed by atoms with Crippen molar-refractivity contribution in [3.8, 4) is 0 Å². The van der Waals surface area contributed by atoms with Crippen molar-refractivity contribution >= 4 is 27.3 Å². The maximum absolute atomic E-state index is 12.9. The van der Waals surface area contributed by atoms with Crippen LogP contribution in [0.1, 0.15) is 31.2 Å². The molecule has 1 heterocycles. The molecular weight excluding hydrogens is 312 g/mol. The van der Waals surface area contributed by atoms with Crippen LogP contribution < -0.4 is 5.73 Å². The fourth-order valence-electron chi connectivity index (χ4n) is 2.72. The molecular formula is C14H21ClN2O3S. The van der Waals surface area contributed by atoms with Crippen LogP contribution in [0.25, 0.3) is 0 Å². The summed E-state index contributed by atoms with van der Waals surface area (Å²) >= 11 is 5.96. The highest BCUT2D eigenvalue weighted by Crippen LogP contribution is 2.31. The molecule has 1 aliphatic rings. The molecule has 0 bridgehead atoms. The number of nitrogens with zero attached hydrogens (tertiary/aromatic N) is 1. The van der Waals surface area contributed by atoms with E-state index < -0.39 is 10.0 Å². The summed E-state index contributed by atoms with van der Waals surface area (Å²) in [6.45, 7) is 1.91. The fraction of sp³-hybridized carbons (Fsp3) is 0.571. The Morgan fingerprint density at radius 1 is 1.38 bits per heavy atom. The monoisotopic (exact) mass is 332 g/mol. The van der Waals surface area contributed by atoms with Gasteiger partial charge in [-0.15, -0.1) is 0 Å². The molecule has 0 saturated carbocycles. The van der Waals surface area contributed by atoms with E-state index >= 15 is 0 Å². The zero-order chi connectivity index (χ0) is 15.6. The molecule has 7 heteroatoms. The number of aliphatic hydroxyl groups is 1. The zero-order valence-corrected chi connectivity index (χ0v) is 13.6. The predicted octanol–water partition coefficient (Wildman–Crippen LogP) is 2.16. The molecule has 1 saturated heterocycles. The summed E-state index contributed by atoms with van der Waals surface area (Å²) in [5.41, 5.74) is 6.69. The van der Waals surface area contributed by atoms with Crippen LogP contribution in [-0.2, 0) is 10.0 Å². The molecule has 5 nitrogen and oxygen atoms in total. The van der Waals surface area contributed by atoms with Crippen LogP contribution in [-0.4, -0.2) is 37.0 Å². The van der Waals surface area contributed by atoms with Gasteiger partial charge in [0, 0.05) is 23.3 Å². The number of hydrogen-bond acceptors (Lipinski definition) is 4. The second-order valence-electron chi connectivity index (χ2n) is 5.42. The van der Waals surface area contributed by atoms with E-state index in [1.165, 1.54) is 10.4 Å². The van der Waals surface area contributed by atoms with Crippen LogP contribution in [0.15, 0.2) is 17.0 Å². The first-order valence-electron chi connectivity index (χ1n) is 7.06. The number of sulfonamides is 1. The average Bonchev–Trinajstić information content (AvgIpc) is 2.68. The van der Waals surface area contributed by atoms with Gasteiger partial charge in [0.25, 0.3) is 0 Å². The number of nitrogen functional groups attached to an aromatic ring is 1. The number of halogens is 1. The first-order chi connectivity index (χ1) is 9.87. The molecule has 118 valence electrons. The second-order valence-corrected chi connectivity index (χ2v) is 7.72. The third-order valence-corrected chi connectivity index (χ3v) is 6.28. The van der Waals surface area contributed by atoms with E-state index in [9.17, 15) is 13.5 Å². The Morgan fingerprint density at radius 2 is 2.10 bits per heavy atom. The smallest absolute Gasteiger partial charge is 0.243 e. The molecule has 1 aliphatic heterocycles. The first kappa shape index (κ1) is 16.5. The van der Waals surface area contributed by atoms with E-state index in [0.29, 0.717) is 29.2 Å². The molecule has 3 N–H and O–H groups in total. The normalized spacial score (nSPS) is 21.2. The van der Waals surface area contributed by atoms with Crippen molar-refractivity contribution in [1.29, 1.82) is 0 Å². The molecule has 1 aromatic rings. The van der Waals surface area contributed by atoms with Crippen molar-refractivity contribution in [3.05, 3.63) is 22.7 Å². The Morgan fingerprint density at radius 3 is 2.76 bits per heavy atom. The van der Waals surface area contributed by atoms with Gasteiger partial charge >= 0.3 is 0 Å². The lowest BCUT2D eigenvalue weighted by Gasteiger charge is -2.28. The number of hydrogen-bond donors (Lipinski definition) is 2. The lowest BCUT2D eigenvalue weighted by atomic mass is 10.1. The molecule has 1 fully saturated rings. The van der Waals surface area contributed by atoms with Crippen LogP contribution >= 0.6 is 11.6 Å². The van der Waals surface area contributed by atoms with Crippen LogP contribution in [0.2, 0.25) is 5.02 Å². The van der Waals surface area contributed by atoms with Crippen LogP contribution in [0, 0.1) is 6.92 Å². The van der Waals surface area contributed by atoms with Crippen molar-refractivity contribution in [2.24, 2.45) is 0 Å². The van der Waals surface area contributed by atoms with Gasteiger partial charge in [0.2, 0.25) is 10.0 Å². The van der Waals surface area contributed by atoms with Crippen LogP contribution in [0.3, 0.4) is 0 Å². The van der Waals surface area contributed by atoms with Crippen molar-refractivity contribution in [1.82, 2.24) is 4.31 Å². The van der Waals surface area contributed by atoms with Gasteiger partial charge in [-0.25, -0.2) is 8.42 Å². The fourth-order valence-corrected chi connectivity index (χ4v) is 4.98. The molecule has 0 aromatic heterocycles. The number of benzene rings is 1. The number of aliphatic hydroxyl groups excluding tert-OH is 1. The third kappa shape index (κ3) is 3.34. The standard InChI is InChI=1S/C14H21ClN2O3S/c1-10-13(16)7-11(15)8-14(10)21(19,20)17-6-4-2-3-5-12(17)9-18/h7-8,12,18H,2-6,9,16H2,1H3. The zero-order valence-electron chi connectivity index (χ0n) is 12.0. The highest BCUT2D eigenvalue weighted by atomic mass is 35.5. The minimum atomic E-state index is -3.71. The van der Waals surface area contributed by atoms with Crippen LogP contribution in [0.4, 0.5) is 5.69 Å². The lowest BCUT2D eigenvalue weighted by Crippen LogP contribution is -2.42. The quantitative estimate of drug-likeness (QED) is 0.831. The SMILES string of the molecule is Cc1c(N)cc(Cl)cc1S(=O)(=O)N1CCCCCC1CO. The number of anilines is 1. The van der Waals surface area contributed by atoms with Gasteiger partial charge in [0.05, 0.1) is 11.5 Å². The molecule has 1 unspecified atom stereocenters. The summed E-state index contributed by atoms with van der Waals surface area (Å²) in [5.74, 6) is 0. The Balaban J connectivity index is 2.50. The summed E-state index contributed by atoms with van der Waals surface area (Å²) < 4.78 is 27.3. The minimum absolute atomic E-state index is 0.132. The predicted molar refractivity (Wildman–Crippen MR) is 83.8 cm³/mol. The maximum Gasteiger partial charge on any atom is 0.243 e. The number of rotatable bonds is 3. The topological polar surface area (TPSA) is 83.6 Å². The largest absolute Gasteiger partial charge is 0.398 e. The van der Waals surface area contributed by atoms with Gasteiger partial charge in [0.15, 0.2) is 0 Å². The lowest BCUT2D eigenvalue weighted by molar-refractivity contribution is 0.186. The van der Waals surface area contributed by atoms with Crippen molar-refractivity contribution in [2.75, 3.05) is 18.9 Å². The molecule has 0 radical (unpaired) electrons. The third-order valence-electron chi connectivity index (χ3n) is 3.99. The number of nitrogens with two attached hydrogens (primary N) is 1. The summed E-state index contributed by atoms with van der Waals surface area (Å²) in [5, 5.41) is 9.82. The van der Waals surface area contributed by atoms with E-state index in [1.54, 1.807) is 13.0 Å². The highest BCUT2D eigenvalue weighted by molar-refractivity contribution is 7.89. The molecule has 2 rings (SSSR count). The van der Waals surface area contributed by atoms with Gasteiger partial charge in [-0.3, -0.25) is 0 Å². The van der Waals surface area contributed by atoms with Crippen molar-refractivity contribution < 1.29 is 13.5 Å². The van der Waals surface area contributed by atoms with E-state index in [1.807, 2.05) is 0 Å². The van der Waals surface area contributed by atoms with E-state index in [2.05, 4.69) is 0 Å². The average molecular weight is 333 g/mol. The highest BCUT2D eigenvalue weighted by Gasteiger charge is 2.33. The summed E-state index contributed by atoms with van der Waals surface area (Å²) in [6.07, 6.45) is 3.36. The molecule has 21 heavy (non-hydrogen) atoms. The van der Waals surface area contributed by atoms with Crippen molar-refractivity contribution in [2.45, 2.75) is 43.5 Å².